The highest BCUT2D eigenvalue weighted by atomic mass is 35.5. The molecule has 0 amide bonds. The largest absolute Gasteiger partial charge is 0.314 e. The molecule has 80 valence electrons. The summed E-state index contributed by atoms with van der Waals surface area (Å²) in [4.78, 5) is 3.72. The molecule has 14 heavy (non-hydrogen) atoms. The van der Waals surface area contributed by atoms with Crippen LogP contribution in [0.5, 0.6) is 0 Å². The fourth-order valence-corrected chi connectivity index (χ4v) is 2.55. The summed E-state index contributed by atoms with van der Waals surface area (Å²) in [6.45, 7) is 3.26. The molecule has 1 fully saturated rings. The van der Waals surface area contributed by atoms with Crippen LogP contribution in [0.1, 0.15) is 4.88 Å². The molecule has 0 spiro atoms. The van der Waals surface area contributed by atoms with Crippen LogP contribution in [-0.4, -0.2) is 31.1 Å². The first-order valence-corrected chi connectivity index (χ1v) is 5.60. The van der Waals surface area contributed by atoms with Crippen LogP contribution in [0.25, 0.3) is 0 Å². The van der Waals surface area contributed by atoms with Gasteiger partial charge in [-0.05, 0) is 19.2 Å². The van der Waals surface area contributed by atoms with E-state index in [2.05, 4.69) is 23.3 Å². The number of rotatable bonds is 3. The van der Waals surface area contributed by atoms with Crippen LogP contribution < -0.4 is 5.32 Å². The summed E-state index contributed by atoms with van der Waals surface area (Å²) in [5.74, 6) is 0. The molecule has 2 heterocycles. The second-order valence-electron chi connectivity index (χ2n) is 3.43. The topological polar surface area (TPSA) is 15.3 Å². The van der Waals surface area contributed by atoms with Crippen molar-refractivity contribution in [2.45, 2.75) is 12.6 Å². The number of nitrogens with zero attached hydrogens (tertiary/aromatic N) is 1. The van der Waals surface area contributed by atoms with Crippen LogP contribution in [0.2, 0.25) is 4.34 Å². The molecule has 5 heteroatoms. The number of hydrogen-bond donors (Lipinski definition) is 1. The van der Waals surface area contributed by atoms with Gasteiger partial charge in [0.15, 0.2) is 0 Å². The van der Waals surface area contributed by atoms with Crippen molar-refractivity contribution in [2.75, 3.05) is 20.1 Å². The van der Waals surface area contributed by atoms with E-state index >= 15 is 0 Å². The summed E-state index contributed by atoms with van der Waals surface area (Å²) in [6.07, 6.45) is 0. The van der Waals surface area contributed by atoms with Crippen molar-refractivity contribution in [3.63, 3.8) is 0 Å². The molecule has 0 aliphatic carbocycles. The molecule has 0 saturated carbocycles. The highest BCUT2D eigenvalue weighted by Gasteiger charge is 2.21. The lowest BCUT2D eigenvalue weighted by atomic mass is 10.1. The Morgan fingerprint density at radius 1 is 1.57 bits per heavy atom. The van der Waals surface area contributed by atoms with E-state index in [1.54, 1.807) is 11.3 Å². The summed E-state index contributed by atoms with van der Waals surface area (Å²) >= 11 is 7.53. The van der Waals surface area contributed by atoms with Gasteiger partial charge in [-0.25, -0.2) is 0 Å². The number of halogens is 2. The summed E-state index contributed by atoms with van der Waals surface area (Å²) in [5, 5.41) is 3.27. The molecule has 1 aromatic heterocycles. The Morgan fingerprint density at radius 2 is 2.29 bits per heavy atom. The van der Waals surface area contributed by atoms with Gasteiger partial charge in [0, 0.05) is 30.6 Å². The maximum absolute atomic E-state index is 5.86. The van der Waals surface area contributed by atoms with Gasteiger partial charge in [-0.2, -0.15) is 0 Å². The molecule has 2 rings (SSSR count). The van der Waals surface area contributed by atoms with Gasteiger partial charge < -0.3 is 5.32 Å². The minimum atomic E-state index is 0. The van der Waals surface area contributed by atoms with Crippen LogP contribution in [0.3, 0.4) is 0 Å². The fourth-order valence-electron chi connectivity index (χ4n) is 1.40. The van der Waals surface area contributed by atoms with Crippen molar-refractivity contribution in [3.8, 4) is 0 Å². The zero-order valence-corrected chi connectivity index (χ0v) is 10.4. The first-order chi connectivity index (χ1) is 6.25. The third-order valence-electron chi connectivity index (χ3n) is 2.42. The van der Waals surface area contributed by atoms with Crippen LogP contribution in [0.15, 0.2) is 12.1 Å². The van der Waals surface area contributed by atoms with Gasteiger partial charge in [-0.3, -0.25) is 4.90 Å². The van der Waals surface area contributed by atoms with Gasteiger partial charge in [0.1, 0.15) is 0 Å². The molecule has 1 saturated heterocycles. The minimum absolute atomic E-state index is 0. The van der Waals surface area contributed by atoms with Gasteiger partial charge in [0.05, 0.1) is 4.34 Å². The van der Waals surface area contributed by atoms with Gasteiger partial charge in [-0.1, -0.05) is 11.6 Å². The molecular formula is C9H14Cl2N2S. The zero-order chi connectivity index (χ0) is 9.26. The average molecular weight is 253 g/mol. The Kier molecular flexibility index (Phi) is 4.67. The first-order valence-electron chi connectivity index (χ1n) is 4.41. The second kappa shape index (κ2) is 5.33. The van der Waals surface area contributed by atoms with Crippen LogP contribution in [0, 0.1) is 0 Å². The van der Waals surface area contributed by atoms with Crippen molar-refractivity contribution >= 4 is 35.3 Å². The predicted octanol–water partition coefficient (Wildman–Crippen LogP) is 2.23. The Bertz CT molecular complexity index is 286. The van der Waals surface area contributed by atoms with Crippen LogP contribution in [0.4, 0.5) is 0 Å². The second-order valence-corrected chi connectivity index (χ2v) is 5.23. The summed E-state index contributed by atoms with van der Waals surface area (Å²) in [6, 6.07) is 4.78. The molecule has 1 aliphatic rings. The smallest absolute Gasteiger partial charge is 0.0931 e. The normalized spacial score (nSPS) is 16.5. The lowest BCUT2D eigenvalue weighted by Crippen LogP contribution is -2.55. The van der Waals surface area contributed by atoms with Crippen molar-refractivity contribution in [2.24, 2.45) is 0 Å². The van der Waals surface area contributed by atoms with Gasteiger partial charge in [0.25, 0.3) is 0 Å². The number of hydrogen-bond acceptors (Lipinski definition) is 3. The lowest BCUT2D eigenvalue weighted by molar-refractivity contribution is 0.174. The third kappa shape index (κ3) is 2.84. The quantitative estimate of drug-likeness (QED) is 0.888. The zero-order valence-electron chi connectivity index (χ0n) is 8.00. The highest BCUT2D eigenvalue weighted by Crippen LogP contribution is 2.23. The monoisotopic (exact) mass is 252 g/mol. The van der Waals surface area contributed by atoms with Crippen LogP contribution >= 0.6 is 35.3 Å². The maximum Gasteiger partial charge on any atom is 0.0931 e. The number of thiophene rings is 1. The summed E-state index contributed by atoms with van der Waals surface area (Å²) in [7, 11) is 2.17. The molecule has 1 N–H and O–H groups in total. The SMILES string of the molecule is CN(Cc1ccc(Cl)s1)C1CNC1.Cl. The van der Waals surface area contributed by atoms with Crippen molar-refractivity contribution < 1.29 is 0 Å². The van der Waals surface area contributed by atoms with E-state index in [4.69, 9.17) is 11.6 Å². The number of nitrogens with one attached hydrogen (secondary N) is 1. The van der Waals surface area contributed by atoms with Crippen molar-refractivity contribution in [1.29, 1.82) is 0 Å². The molecule has 2 nitrogen and oxygen atoms in total. The van der Waals surface area contributed by atoms with Crippen molar-refractivity contribution in [3.05, 3.63) is 21.3 Å². The minimum Gasteiger partial charge on any atom is -0.314 e. The van der Waals surface area contributed by atoms with Gasteiger partial charge >= 0.3 is 0 Å². The van der Waals surface area contributed by atoms with E-state index in [1.165, 1.54) is 4.88 Å². The van der Waals surface area contributed by atoms with E-state index in [9.17, 15) is 0 Å². The fraction of sp³-hybridized carbons (Fsp3) is 0.556. The molecule has 1 aliphatic heterocycles. The summed E-state index contributed by atoms with van der Waals surface area (Å²) in [5.41, 5.74) is 0. The molecule has 0 bridgehead atoms. The van der Waals surface area contributed by atoms with E-state index in [0.717, 1.165) is 24.0 Å². The van der Waals surface area contributed by atoms with Gasteiger partial charge in [-0.15, -0.1) is 23.7 Å². The van der Waals surface area contributed by atoms with E-state index in [0.29, 0.717) is 6.04 Å². The van der Waals surface area contributed by atoms with E-state index in [-0.39, 0.29) is 12.4 Å². The predicted molar refractivity (Wildman–Crippen MR) is 64.7 cm³/mol. The number of likely N-dealkylation sites (N-methyl/N-ethyl adjacent to an activating group) is 1. The molecular weight excluding hydrogens is 239 g/mol. The molecule has 0 unspecified atom stereocenters. The third-order valence-corrected chi connectivity index (χ3v) is 3.63. The van der Waals surface area contributed by atoms with E-state index < -0.39 is 0 Å². The molecule has 0 aromatic carbocycles. The Hall–Kier alpha value is 0.200. The highest BCUT2D eigenvalue weighted by molar-refractivity contribution is 7.16. The molecule has 0 radical (unpaired) electrons. The van der Waals surface area contributed by atoms with E-state index in [1.807, 2.05) is 6.07 Å². The summed E-state index contributed by atoms with van der Waals surface area (Å²) < 4.78 is 0.884. The lowest BCUT2D eigenvalue weighted by Gasteiger charge is -2.35. The Balaban J connectivity index is 0.000000980. The Labute approximate surface area is 99.7 Å². The molecule has 0 atom stereocenters. The first kappa shape index (κ1) is 12.3. The maximum atomic E-state index is 5.86. The Morgan fingerprint density at radius 3 is 2.71 bits per heavy atom. The van der Waals surface area contributed by atoms with Crippen molar-refractivity contribution in [1.82, 2.24) is 10.2 Å². The van der Waals surface area contributed by atoms with Crippen LogP contribution in [-0.2, 0) is 6.54 Å². The van der Waals surface area contributed by atoms with Gasteiger partial charge in [0.2, 0.25) is 0 Å². The molecule has 1 aromatic rings. The standard InChI is InChI=1S/C9H13ClN2S.ClH/c1-12(7-4-11-5-7)6-8-2-3-9(10)13-8;/h2-3,7,11H,4-6H2,1H3;1H. The average Bonchev–Trinajstić information content (AvgIpc) is 2.31.